The average molecular weight is 271 g/mol. The van der Waals surface area contributed by atoms with E-state index in [9.17, 15) is 0 Å². The summed E-state index contributed by atoms with van der Waals surface area (Å²) in [6, 6.07) is 9.59. The molecule has 0 aliphatic rings. The van der Waals surface area contributed by atoms with Gasteiger partial charge in [-0.05, 0) is 18.1 Å². The molecule has 1 heterocycles. The molecule has 20 heavy (non-hydrogen) atoms. The molecule has 0 aliphatic carbocycles. The zero-order chi connectivity index (χ0) is 14.8. The maximum atomic E-state index is 5.89. The third kappa shape index (κ3) is 3.26. The van der Waals surface area contributed by atoms with Crippen LogP contribution in [0.1, 0.15) is 39.1 Å². The molecule has 0 spiro atoms. The fraction of sp³-hybridized carbons (Fsp3) is 0.375. The number of nitrogens with zero attached hydrogens (tertiary/aromatic N) is 2. The molecular weight excluding hydrogens is 250 g/mol. The van der Waals surface area contributed by atoms with Crippen LogP contribution in [0.25, 0.3) is 0 Å². The first-order chi connectivity index (χ1) is 9.40. The predicted octanol–water partition coefficient (Wildman–Crippen LogP) is 3.71. The molecule has 0 atom stereocenters. The second-order valence-corrected chi connectivity index (χ2v) is 5.77. The predicted molar refractivity (Wildman–Crippen MR) is 81.0 cm³/mol. The molecule has 0 aliphatic heterocycles. The van der Waals surface area contributed by atoms with Crippen molar-refractivity contribution in [2.45, 2.75) is 39.5 Å². The van der Waals surface area contributed by atoms with Crippen LogP contribution in [-0.4, -0.2) is 9.97 Å². The highest BCUT2D eigenvalue weighted by atomic mass is 16.5. The number of hydrogen-bond donors (Lipinski definition) is 1. The van der Waals surface area contributed by atoms with Crippen LogP contribution in [0.4, 0.5) is 5.82 Å². The van der Waals surface area contributed by atoms with E-state index in [0.717, 1.165) is 17.7 Å². The number of benzene rings is 1. The van der Waals surface area contributed by atoms with E-state index in [2.05, 4.69) is 16.9 Å². The van der Waals surface area contributed by atoms with Gasteiger partial charge in [-0.15, -0.1) is 0 Å². The van der Waals surface area contributed by atoms with Crippen LogP contribution in [0, 0.1) is 0 Å². The van der Waals surface area contributed by atoms with Gasteiger partial charge in [0.15, 0.2) is 0 Å². The molecule has 2 aromatic rings. The molecule has 0 saturated carbocycles. The highest BCUT2D eigenvalue weighted by Crippen LogP contribution is 2.27. The number of hydrogen-bond acceptors (Lipinski definition) is 4. The Hall–Kier alpha value is -2.10. The first-order valence-electron chi connectivity index (χ1n) is 6.81. The standard InChI is InChI=1S/C16H21N3O/c1-5-11-8-6-7-9-12(11)20-14-10-13(17)18-15(19-14)16(2,3)4/h6-10H,5H2,1-4H3,(H2,17,18,19). The van der Waals surface area contributed by atoms with Gasteiger partial charge in [-0.1, -0.05) is 45.9 Å². The minimum absolute atomic E-state index is 0.169. The third-order valence-electron chi connectivity index (χ3n) is 2.96. The van der Waals surface area contributed by atoms with Gasteiger partial charge < -0.3 is 10.5 Å². The van der Waals surface area contributed by atoms with Crippen molar-refractivity contribution < 1.29 is 4.74 Å². The zero-order valence-electron chi connectivity index (χ0n) is 12.5. The van der Waals surface area contributed by atoms with E-state index in [1.54, 1.807) is 6.07 Å². The quantitative estimate of drug-likeness (QED) is 0.924. The summed E-state index contributed by atoms with van der Waals surface area (Å²) in [5.74, 6) is 2.41. The first kappa shape index (κ1) is 14.3. The van der Waals surface area contributed by atoms with E-state index in [-0.39, 0.29) is 5.41 Å². The van der Waals surface area contributed by atoms with Gasteiger partial charge in [-0.3, -0.25) is 0 Å². The molecule has 4 nitrogen and oxygen atoms in total. The Labute approximate surface area is 120 Å². The molecule has 0 amide bonds. The van der Waals surface area contributed by atoms with Crippen LogP contribution in [0.3, 0.4) is 0 Å². The molecule has 1 aromatic carbocycles. The summed E-state index contributed by atoms with van der Waals surface area (Å²) in [7, 11) is 0. The van der Waals surface area contributed by atoms with Gasteiger partial charge in [-0.25, -0.2) is 4.98 Å². The molecule has 2 N–H and O–H groups in total. The summed E-state index contributed by atoms with van der Waals surface area (Å²) in [6.45, 7) is 8.24. The van der Waals surface area contributed by atoms with Gasteiger partial charge >= 0.3 is 0 Å². The third-order valence-corrected chi connectivity index (χ3v) is 2.96. The Bertz CT molecular complexity index is 603. The largest absolute Gasteiger partial charge is 0.439 e. The lowest BCUT2D eigenvalue weighted by Crippen LogP contribution is -2.17. The summed E-state index contributed by atoms with van der Waals surface area (Å²) in [6.07, 6.45) is 0.906. The molecule has 0 saturated heterocycles. The molecule has 1 aromatic heterocycles. The molecule has 0 radical (unpaired) electrons. The van der Waals surface area contributed by atoms with Gasteiger partial charge in [0.1, 0.15) is 17.4 Å². The summed E-state index contributed by atoms with van der Waals surface area (Å²) >= 11 is 0. The summed E-state index contributed by atoms with van der Waals surface area (Å²) in [5.41, 5.74) is 6.82. The topological polar surface area (TPSA) is 61.0 Å². The van der Waals surface area contributed by atoms with Gasteiger partial charge in [0.05, 0.1) is 0 Å². The summed E-state index contributed by atoms with van der Waals surface area (Å²) < 4.78 is 5.89. The zero-order valence-corrected chi connectivity index (χ0v) is 12.5. The van der Waals surface area contributed by atoms with Crippen LogP contribution in [-0.2, 0) is 11.8 Å². The van der Waals surface area contributed by atoms with Crippen LogP contribution >= 0.6 is 0 Å². The highest BCUT2D eigenvalue weighted by Gasteiger charge is 2.19. The summed E-state index contributed by atoms with van der Waals surface area (Å²) in [4.78, 5) is 8.74. The molecule has 106 valence electrons. The number of anilines is 1. The average Bonchev–Trinajstić information content (AvgIpc) is 2.37. The van der Waals surface area contributed by atoms with E-state index in [4.69, 9.17) is 10.5 Å². The number of aromatic nitrogens is 2. The normalized spacial score (nSPS) is 11.4. The van der Waals surface area contributed by atoms with E-state index in [1.807, 2.05) is 45.0 Å². The number of nitrogen functional groups attached to an aromatic ring is 1. The van der Waals surface area contributed by atoms with Crippen molar-refractivity contribution in [1.29, 1.82) is 0 Å². The Morgan fingerprint density at radius 1 is 1.15 bits per heavy atom. The second kappa shape index (κ2) is 5.49. The van der Waals surface area contributed by atoms with E-state index < -0.39 is 0 Å². The van der Waals surface area contributed by atoms with E-state index in [1.165, 1.54) is 0 Å². The maximum Gasteiger partial charge on any atom is 0.224 e. The monoisotopic (exact) mass is 271 g/mol. The Balaban J connectivity index is 2.36. The lowest BCUT2D eigenvalue weighted by molar-refractivity contribution is 0.442. The van der Waals surface area contributed by atoms with Gasteiger partial charge in [0.25, 0.3) is 0 Å². The minimum atomic E-state index is -0.169. The van der Waals surface area contributed by atoms with Crippen molar-refractivity contribution in [3.63, 3.8) is 0 Å². The van der Waals surface area contributed by atoms with Gasteiger partial charge in [-0.2, -0.15) is 4.98 Å². The summed E-state index contributed by atoms with van der Waals surface area (Å²) in [5, 5.41) is 0. The van der Waals surface area contributed by atoms with Crippen LogP contribution < -0.4 is 10.5 Å². The van der Waals surface area contributed by atoms with Gasteiger partial charge in [0.2, 0.25) is 5.88 Å². The maximum absolute atomic E-state index is 5.89. The Kier molecular flexibility index (Phi) is 3.93. The highest BCUT2D eigenvalue weighted by molar-refractivity contribution is 5.39. The number of aryl methyl sites for hydroxylation is 1. The lowest BCUT2D eigenvalue weighted by atomic mass is 9.96. The van der Waals surface area contributed by atoms with Crippen molar-refractivity contribution in [3.8, 4) is 11.6 Å². The van der Waals surface area contributed by atoms with Crippen LogP contribution in [0.15, 0.2) is 30.3 Å². The molecular formula is C16H21N3O. The minimum Gasteiger partial charge on any atom is -0.439 e. The van der Waals surface area contributed by atoms with Crippen molar-refractivity contribution in [1.82, 2.24) is 9.97 Å². The first-order valence-corrected chi connectivity index (χ1v) is 6.81. The van der Waals surface area contributed by atoms with E-state index in [0.29, 0.717) is 17.5 Å². The van der Waals surface area contributed by atoms with Crippen molar-refractivity contribution in [3.05, 3.63) is 41.7 Å². The van der Waals surface area contributed by atoms with Crippen LogP contribution in [0.2, 0.25) is 0 Å². The number of rotatable bonds is 3. The smallest absolute Gasteiger partial charge is 0.224 e. The van der Waals surface area contributed by atoms with Crippen LogP contribution in [0.5, 0.6) is 11.6 Å². The lowest BCUT2D eigenvalue weighted by Gasteiger charge is -2.18. The van der Waals surface area contributed by atoms with Gasteiger partial charge in [0, 0.05) is 11.5 Å². The van der Waals surface area contributed by atoms with Crippen molar-refractivity contribution in [2.24, 2.45) is 0 Å². The number of ether oxygens (including phenoxy) is 1. The molecule has 4 heteroatoms. The molecule has 2 rings (SSSR count). The molecule has 0 bridgehead atoms. The second-order valence-electron chi connectivity index (χ2n) is 5.77. The fourth-order valence-corrected chi connectivity index (χ4v) is 1.84. The Morgan fingerprint density at radius 3 is 2.50 bits per heavy atom. The Morgan fingerprint density at radius 2 is 1.85 bits per heavy atom. The van der Waals surface area contributed by atoms with Crippen molar-refractivity contribution >= 4 is 5.82 Å². The number of nitrogens with two attached hydrogens (primary N) is 1. The number of para-hydroxylation sites is 1. The fourth-order valence-electron chi connectivity index (χ4n) is 1.84. The van der Waals surface area contributed by atoms with E-state index >= 15 is 0 Å². The SMILES string of the molecule is CCc1ccccc1Oc1cc(N)nc(C(C)(C)C)n1. The molecule has 0 fully saturated rings. The molecule has 0 unspecified atom stereocenters. The van der Waals surface area contributed by atoms with Crippen molar-refractivity contribution in [2.75, 3.05) is 5.73 Å².